The van der Waals surface area contributed by atoms with Gasteiger partial charge in [-0.15, -0.1) is 0 Å². The van der Waals surface area contributed by atoms with Crippen molar-refractivity contribution in [3.05, 3.63) is 33.8 Å². The van der Waals surface area contributed by atoms with Gasteiger partial charge < -0.3 is 9.47 Å². The molecule has 0 heterocycles. The number of halogens is 2. The molecule has 0 N–H and O–H groups in total. The first kappa shape index (κ1) is 12.8. The summed E-state index contributed by atoms with van der Waals surface area (Å²) in [5, 5.41) is 1.26. The van der Waals surface area contributed by atoms with Crippen LogP contribution >= 0.6 is 23.2 Å². The van der Waals surface area contributed by atoms with Crippen molar-refractivity contribution in [3.63, 3.8) is 0 Å². The molecule has 2 nitrogen and oxygen atoms in total. The minimum absolute atomic E-state index is 0.119. The fraction of sp³-hybridized carbons (Fsp3) is 0.455. The third-order valence-electron chi connectivity index (χ3n) is 2.08. The molecule has 0 aliphatic rings. The zero-order valence-electron chi connectivity index (χ0n) is 8.80. The number of methoxy groups -OCH3 is 1. The van der Waals surface area contributed by atoms with Gasteiger partial charge in [0.1, 0.15) is 6.79 Å². The molecule has 1 rings (SSSR count). The SMILES string of the molecule is CC[C@@H](OCOC)c1c(Cl)cccc1Cl. The standard InChI is InChI=1S/C11H14Cl2O2/c1-3-10(15-7-14-2)11-8(12)5-4-6-9(11)13/h4-6,10H,3,7H2,1-2H3/t10-/m1/s1. The molecule has 0 aliphatic heterocycles. The van der Waals surface area contributed by atoms with Gasteiger partial charge in [0.2, 0.25) is 0 Å². The molecule has 15 heavy (non-hydrogen) atoms. The van der Waals surface area contributed by atoms with Crippen LogP contribution in [0.25, 0.3) is 0 Å². The molecule has 0 bridgehead atoms. The number of hydrogen-bond acceptors (Lipinski definition) is 2. The number of hydrogen-bond donors (Lipinski definition) is 0. The second-order valence-electron chi connectivity index (χ2n) is 3.11. The zero-order chi connectivity index (χ0) is 11.3. The van der Waals surface area contributed by atoms with E-state index in [1.165, 1.54) is 0 Å². The van der Waals surface area contributed by atoms with E-state index in [0.717, 1.165) is 12.0 Å². The Balaban J connectivity index is 2.90. The summed E-state index contributed by atoms with van der Waals surface area (Å²) < 4.78 is 10.4. The Bertz CT molecular complexity index is 295. The lowest BCUT2D eigenvalue weighted by Gasteiger charge is -2.18. The van der Waals surface area contributed by atoms with E-state index in [0.29, 0.717) is 10.0 Å². The highest BCUT2D eigenvalue weighted by Crippen LogP contribution is 2.33. The Morgan fingerprint density at radius 1 is 1.27 bits per heavy atom. The van der Waals surface area contributed by atoms with Crippen LogP contribution in [0.2, 0.25) is 10.0 Å². The molecule has 0 radical (unpaired) electrons. The molecule has 0 amide bonds. The fourth-order valence-electron chi connectivity index (χ4n) is 1.37. The summed E-state index contributed by atoms with van der Waals surface area (Å²) >= 11 is 12.2. The summed E-state index contributed by atoms with van der Waals surface area (Å²) in [6.07, 6.45) is 0.679. The molecule has 1 aromatic carbocycles. The van der Waals surface area contributed by atoms with Gasteiger partial charge in [-0.3, -0.25) is 0 Å². The van der Waals surface area contributed by atoms with E-state index in [1.807, 2.05) is 25.1 Å². The second-order valence-corrected chi connectivity index (χ2v) is 3.92. The van der Waals surface area contributed by atoms with Crippen molar-refractivity contribution in [2.24, 2.45) is 0 Å². The minimum atomic E-state index is -0.119. The minimum Gasteiger partial charge on any atom is -0.359 e. The van der Waals surface area contributed by atoms with E-state index in [2.05, 4.69) is 0 Å². The van der Waals surface area contributed by atoms with Gasteiger partial charge in [-0.2, -0.15) is 0 Å². The normalized spacial score (nSPS) is 12.8. The Morgan fingerprint density at radius 2 is 1.87 bits per heavy atom. The van der Waals surface area contributed by atoms with Crippen LogP contribution in [0.5, 0.6) is 0 Å². The molecule has 84 valence electrons. The third kappa shape index (κ3) is 3.35. The van der Waals surface area contributed by atoms with Crippen LogP contribution in [0.3, 0.4) is 0 Å². The van der Waals surface area contributed by atoms with Gasteiger partial charge in [-0.25, -0.2) is 0 Å². The van der Waals surface area contributed by atoms with Crippen molar-refractivity contribution >= 4 is 23.2 Å². The van der Waals surface area contributed by atoms with Gasteiger partial charge >= 0.3 is 0 Å². The van der Waals surface area contributed by atoms with Crippen molar-refractivity contribution in [1.82, 2.24) is 0 Å². The predicted molar refractivity (Wildman–Crippen MR) is 62.5 cm³/mol. The zero-order valence-corrected chi connectivity index (χ0v) is 10.3. The molecular formula is C11H14Cl2O2. The van der Waals surface area contributed by atoms with Gasteiger partial charge in [0.25, 0.3) is 0 Å². The summed E-state index contributed by atoms with van der Waals surface area (Å²) in [4.78, 5) is 0. The highest BCUT2D eigenvalue weighted by Gasteiger charge is 2.16. The lowest BCUT2D eigenvalue weighted by Crippen LogP contribution is -2.07. The number of ether oxygens (including phenoxy) is 2. The first-order valence-corrected chi connectivity index (χ1v) is 5.50. The smallest absolute Gasteiger partial charge is 0.147 e. The van der Waals surface area contributed by atoms with Crippen LogP contribution in [0.4, 0.5) is 0 Å². The fourth-order valence-corrected chi connectivity index (χ4v) is 2.01. The van der Waals surface area contributed by atoms with Crippen molar-refractivity contribution < 1.29 is 9.47 Å². The molecule has 0 unspecified atom stereocenters. The third-order valence-corrected chi connectivity index (χ3v) is 2.74. The average Bonchev–Trinajstić information content (AvgIpc) is 2.22. The maximum atomic E-state index is 6.08. The summed E-state index contributed by atoms with van der Waals surface area (Å²) in [5.41, 5.74) is 0.834. The first-order chi connectivity index (χ1) is 7.20. The lowest BCUT2D eigenvalue weighted by atomic mass is 10.1. The highest BCUT2D eigenvalue weighted by molar-refractivity contribution is 6.36. The average molecular weight is 249 g/mol. The predicted octanol–water partition coefficient (Wildman–Crippen LogP) is 4.07. The van der Waals surface area contributed by atoms with E-state index in [4.69, 9.17) is 32.7 Å². The van der Waals surface area contributed by atoms with Gasteiger partial charge in [-0.1, -0.05) is 36.2 Å². The summed E-state index contributed by atoms with van der Waals surface area (Å²) in [6.45, 7) is 2.25. The Morgan fingerprint density at radius 3 is 2.33 bits per heavy atom. The largest absolute Gasteiger partial charge is 0.359 e. The van der Waals surface area contributed by atoms with Crippen molar-refractivity contribution in [2.75, 3.05) is 13.9 Å². The van der Waals surface area contributed by atoms with Crippen LogP contribution in [-0.4, -0.2) is 13.9 Å². The lowest BCUT2D eigenvalue weighted by molar-refractivity contribution is -0.0742. The number of rotatable bonds is 5. The number of benzene rings is 1. The van der Waals surface area contributed by atoms with Gasteiger partial charge in [-0.05, 0) is 18.6 Å². The van der Waals surface area contributed by atoms with Gasteiger partial charge in [0.05, 0.1) is 6.10 Å². The molecular weight excluding hydrogens is 235 g/mol. The molecule has 0 saturated heterocycles. The molecule has 0 aliphatic carbocycles. The van der Waals surface area contributed by atoms with Crippen LogP contribution in [0.15, 0.2) is 18.2 Å². The quantitative estimate of drug-likeness (QED) is 0.732. The summed E-state index contributed by atoms with van der Waals surface area (Å²) in [6, 6.07) is 5.43. The van der Waals surface area contributed by atoms with E-state index in [-0.39, 0.29) is 12.9 Å². The summed E-state index contributed by atoms with van der Waals surface area (Å²) in [7, 11) is 1.58. The molecule has 0 saturated carbocycles. The molecule has 1 aromatic rings. The van der Waals surface area contributed by atoms with E-state index >= 15 is 0 Å². The Labute approximate surface area is 100 Å². The van der Waals surface area contributed by atoms with Crippen LogP contribution in [0, 0.1) is 0 Å². The van der Waals surface area contributed by atoms with Crippen molar-refractivity contribution in [1.29, 1.82) is 0 Å². The van der Waals surface area contributed by atoms with E-state index in [1.54, 1.807) is 7.11 Å². The Hall–Kier alpha value is -0.280. The maximum Gasteiger partial charge on any atom is 0.147 e. The maximum absolute atomic E-state index is 6.08. The summed E-state index contributed by atoms with van der Waals surface area (Å²) in [5.74, 6) is 0. The first-order valence-electron chi connectivity index (χ1n) is 4.75. The monoisotopic (exact) mass is 248 g/mol. The van der Waals surface area contributed by atoms with E-state index in [9.17, 15) is 0 Å². The molecule has 0 spiro atoms. The topological polar surface area (TPSA) is 18.5 Å². The Kier molecular flexibility index (Phi) is 5.40. The van der Waals surface area contributed by atoms with Crippen molar-refractivity contribution in [3.8, 4) is 0 Å². The van der Waals surface area contributed by atoms with Crippen LogP contribution in [0.1, 0.15) is 25.0 Å². The highest BCUT2D eigenvalue weighted by atomic mass is 35.5. The van der Waals surface area contributed by atoms with Gasteiger partial charge in [0, 0.05) is 22.7 Å². The van der Waals surface area contributed by atoms with Crippen LogP contribution < -0.4 is 0 Å². The van der Waals surface area contributed by atoms with Crippen molar-refractivity contribution in [2.45, 2.75) is 19.4 Å². The molecule has 4 heteroatoms. The molecule has 0 fully saturated rings. The van der Waals surface area contributed by atoms with Crippen LogP contribution in [-0.2, 0) is 9.47 Å². The molecule has 1 atom stereocenters. The van der Waals surface area contributed by atoms with Gasteiger partial charge in [0.15, 0.2) is 0 Å². The van der Waals surface area contributed by atoms with E-state index < -0.39 is 0 Å². The second kappa shape index (κ2) is 6.33. The molecule has 0 aromatic heterocycles.